The lowest BCUT2D eigenvalue weighted by Crippen LogP contribution is -2.53. The molecule has 0 saturated carbocycles. The average Bonchev–Trinajstić information content (AvgIpc) is 3.48. The van der Waals surface area contributed by atoms with Gasteiger partial charge >= 0.3 is 0 Å². The number of nitrogens with zero attached hydrogens (tertiary/aromatic N) is 1. The van der Waals surface area contributed by atoms with Crippen molar-refractivity contribution in [2.24, 2.45) is 4.99 Å². The largest absolute Gasteiger partial charge is 0.494 e. The molecule has 1 aliphatic rings. The monoisotopic (exact) mass is 709 g/mol. The number of carbonyl (C=O) groups is 1. The number of hydrogen-bond acceptors (Lipinski definition) is 8. The molecule has 4 aromatic rings. The Labute approximate surface area is 290 Å². The van der Waals surface area contributed by atoms with E-state index in [9.17, 15) is 13.2 Å². The number of hydrogen-bond donors (Lipinski definition) is 3. The number of aliphatic hydroxyl groups excluding tert-OH is 1. The van der Waals surface area contributed by atoms with Crippen molar-refractivity contribution in [3.63, 3.8) is 0 Å². The maximum absolute atomic E-state index is 14.4. The summed E-state index contributed by atoms with van der Waals surface area (Å²) in [6.07, 6.45) is -0.183. The highest BCUT2D eigenvalue weighted by Gasteiger charge is 2.54. The summed E-state index contributed by atoms with van der Waals surface area (Å²) in [4.78, 5) is 19.4. The van der Waals surface area contributed by atoms with Gasteiger partial charge in [-0.2, -0.15) is 0 Å². The molecule has 4 aromatic carbocycles. The molecule has 1 aliphatic heterocycles. The van der Waals surface area contributed by atoms with Gasteiger partial charge in [-0.3, -0.25) is 10.2 Å². The van der Waals surface area contributed by atoms with Crippen LogP contribution in [0.2, 0.25) is 10.0 Å². The highest BCUT2D eigenvalue weighted by atomic mass is 35.5. The summed E-state index contributed by atoms with van der Waals surface area (Å²) >= 11 is 12.9. The van der Waals surface area contributed by atoms with Gasteiger partial charge in [-0.1, -0.05) is 77.3 Å². The molecule has 9 nitrogen and oxygen atoms in total. The Balaban J connectivity index is 1.50. The lowest BCUT2D eigenvalue weighted by Gasteiger charge is -2.31. The van der Waals surface area contributed by atoms with Crippen LogP contribution in [-0.4, -0.2) is 56.4 Å². The van der Waals surface area contributed by atoms with Crippen molar-refractivity contribution in [3.05, 3.63) is 129 Å². The van der Waals surface area contributed by atoms with E-state index < -0.39 is 33.1 Å². The topological polar surface area (TPSA) is 126 Å². The number of aliphatic hydroxyl groups is 1. The third-order valence-corrected chi connectivity index (χ3v) is 10.3. The lowest BCUT2D eigenvalue weighted by atomic mass is 9.85. The van der Waals surface area contributed by atoms with E-state index in [0.717, 1.165) is 11.1 Å². The van der Waals surface area contributed by atoms with Gasteiger partial charge in [0.1, 0.15) is 5.75 Å². The van der Waals surface area contributed by atoms with E-state index in [1.807, 2.05) is 31.2 Å². The normalized spacial score (nSPS) is 17.4. The molecule has 0 aliphatic carbocycles. The maximum atomic E-state index is 14.4. The van der Waals surface area contributed by atoms with Crippen molar-refractivity contribution in [3.8, 4) is 5.75 Å². The molecule has 3 N–H and O–H groups in total. The number of aliphatic imine (C=N–C) groups is 1. The molecule has 0 bridgehead atoms. The van der Waals surface area contributed by atoms with Crippen molar-refractivity contribution >= 4 is 44.8 Å². The molecule has 0 radical (unpaired) electrons. The SMILES string of the molecule is Cc1ccc(CCNNC(=O)[C@@]2(CCS(=O)(=O)c3ccccc3)N=C(c3ccc(OCCCO)cc3)O[C@H]2c2ccc(Cl)cc2Cl)cc1. The van der Waals surface area contributed by atoms with Gasteiger partial charge in [-0.15, -0.1) is 0 Å². The highest BCUT2D eigenvalue weighted by Crippen LogP contribution is 2.45. The smallest absolute Gasteiger partial charge is 0.266 e. The summed E-state index contributed by atoms with van der Waals surface area (Å²) in [5, 5.41) is 9.69. The molecule has 0 saturated heterocycles. The molecule has 12 heteroatoms. The van der Waals surface area contributed by atoms with Crippen molar-refractivity contribution < 1.29 is 27.8 Å². The number of amides is 1. The maximum Gasteiger partial charge on any atom is 0.266 e. The molecule has 48 heavy (non-hydrogen) atoms. The molecule has 1 amide bonds. The molecular formula is C36H37Cl2N3O6S. The van der Waals surface area contributed by atoms with Gasteiger partial charge in [0.25, 0.3) is 5.91 Å². The number of ether oxygens (including phenoxy) is 2. The number of rotatable bonds is 15. The minimum Gasteiger partial charge on any atom is -0.494 e. The third-order valence-electron chi connectivity index (χ3n) is 7.99. The van der Waals surface area contributed by atoms with E-state index in [4.69, 9.17) is 42.8 Å². The highest BCUT2D eigenvalue weighted by molar-refractivity contribution is 7.91. The molecular weight excluding hydrogens is 673 g/mol. The van der Waals surface area contributed by atoms with Gasteiger partial charge in [0.05, 0.1) is 17.3 Å². The van der Waals surface area contributed by atoms with Crippen LogP contribution in [-0.2, 0) is 25.8 Å². The summed E-state index contributed by atoms with van der Waals surface area (Å²) in [5.74, 6) is -0.254. The molecule has 0 unspecified atom stereocenters. The Morgan fingerprint density at radius 3 is 2.42 bits per heavy atom. The Morgan fingerprint density at radius 2 is 1.73 bits per heavy atom. The minimum absolute atomic E-state index is 0.0162. The fraction of sp³-hybridized carbons (Fsp3) is 0.278. The zero-order chi connectivity index (χ0) is 34.1. The first-order chi connectivity index (χ1) is 23.1. The number of aryl methyl sites for hydroxylation is 1. The van der Waals surface area contributed by atoms with Crippen LogP contribution in [0.1, 0.15) is 41.2 Å². The molecule has 0 spiro atoms. The third kappa shape index (κ3) is 8.56. The summed E-state index contributed by atoms with van der Waals surface area (Å²) in [6.45, 7) is 2.79. The van der Waals surface area contributed by atoms with Crippen molar-refractivity contribution in [2.45, 2.75) is 42.7 Å². The second-order valence-electron chi connectivity index (χ2n) is 11.5. The van der Waals surface area contributed by atoms with E-state index in [2.05, 4.69) is 10.9 Å². The van der Waals surface area contributed by atoms with E-state index in [-0.39, 0.29) is 28.8 Å². The van der Waals surface area contributed by atoms with Crippen LogP contribution in [0.25, 0.3) is 0 Å². The molecule has 2 atom stereocenters. The van der Waals surface area contributed by atoms with E-state index in [1.54, 1.807) is 60.7 Å². The van der Waals surface area contributed by atoms with Crippen LogP contribution >= 0.6 is 23.2 Å². The fourth-order valence-electron chi connectivity index (χ4n) is 5.31. The number of hydrazine groups is 1. The molecule has 252 valence electrons. The average molecular weight is 711 g/mol. The Kier molecular flexibility index (Phi) is 11.8. The second-order valence-corrected chi connectivity index (χ2v) is 14.4. The van der Waals surface area contributed by atoms with Crippen LogP contribution in [0.4, 0.5) is 0 Å². The van der Waals surface area contributed by atoms with Gasteiger partial charge in [-0.05, 0) is 67.4 Å². The first-order valence-electron chi connectivity index (χ1n) is 15.5. The van der Waals surface area contributed by atoms with Gasteiger partial charge in [0, 0.05) is 47.2 Å². The van der Waals surface area contributed by atoms with Gasteiger partial charge in [-0.25, -0.2) is 18.8 Å². The summed E-state index contributed by atoms with van der Waals surface area (Å²) in [5.41, 5.74) is 7.25. The number of benzene rings is 4. The van der Waals surface area contributed by atoms with Crippen LogP contribution < -0.4 is 15.6 Å². The Hall–Kier alpha value is -3.93. The quantitative estimate of drug-likeness (QED) is 0.101. The van der Waals surface area contributed by atoms with Gasteiger partial charge in [0.15, 0.2) is 21.5 Å². The van der Waals surface area contributed by atoms with E-state index in [0.29, 0.717) is 47.9 Å². The van der Waals surface area contributed by atoms with Gasteiger partial charge < -0.3 is 14.6 Å². The Morgan fingerprint density at radius 1 is 1.00 bits per heavy atom. The Bertz CT molecular complexity index is 1840. The number of sulfone groups is 1. The summed E-state index contributed by atoms with van der Waals surface area (Å²) < 4.78 is 39.2. The molecule has 0 fully saturated rings. The van der Waals surface area contributed by atoms with Crippen LogP contribution in [0.15, 0.2) is 107 Å². The fourth-order valence-corrected chi connectivity index (χ4v) is 7.20. The zero-order valence-electron chi connectivity index (χ0n) is 26.4. The summed E-state index contributed by atoms with van der Waals surface area (Å²) in [6, 6.07) is 27.9. The van der Waals surface area contributed by atoms with Crippen molar-refractivity contribution in [2.75, 3.05) is 25.5 Å². The number of halogens is 2. The van der Waals surface area contributed by atoms with Crippen LogP contribution in [0.5, 0.6) is 5.75 Å². The van der Waals surface area contributed by atoms with Crippen LogP contribution in [0.3, 0.4) is 0 Å². The zero-order valence-corrected chi connectivity index (χ0v) is 28.7. The summed E-state index contributed by atoms with van der Waals surface area (Å²) in [7, 11) is -3.82. The van der Waals surface area contributed by atoms with E-state index >= 15 is 0 Å². The molecule has 1 heterocycles. The predicted octanol–water partition coefficient (Wildman–Crippen LogP) is 6.05. The van der Waals surface area contributed by atoms with E-state index in [1.165, 1.54) is 12.1 Å². The number of carbonyl (C=O) groups excluding carboxylic acids is 1. The first kappa shape index (κ1) is 35.4. The predicted molar refractivity (Wildman–Crippen MR) is 187 cm³/mol. The first-order valence-corrected chi connectivity index (χ1v) is 17.9. The van der Waals surface area contributed by atoms with Crippen molar-refractivity contribution in [1.29, 1.82) is 0 Å². The van der Waals surface area contributed by atoms with Crippen molar-refractivity contribution in [1.82, 2.24) is 10.9 Å². The standard InChI is InChI=1S/C36H37Cl2N3O6S/c1-25-8-10-26(11-9-25)18-20-39-41-35(43)36(19-23-48(44,45)30-6-3-2-4-7-30)33(31-17-14-28(37)24-32(31)38)47-34(40-36)27-12-15-29(16-13-27)46-22-5-21-42/h2-4,6-17,24,33,39,42H,5,18-23H2,1H3,(H,41,43)/t33-,36-/m0/s1. The number of nitrogens with one attached hydrogen (secondary N) is 2. The lowest BCUT2D eigenvalue weighted by molar-refractivity contribution is -0.130. The van der Waals surface area contributed by atoms with Gasteiger partial charge in [0.2, 0.25) is 5.90 Å². The molecule has 0 aromatic heterocycles. The molecule has 5 rings (SSSR count). The van der Waals surface area contributed by atoms with Crippen LogP contribution in [0, 0.1) is 6.92 Å². The minimum atomic E-state index is -3.82. The second kappa shape index (κ2) is 16.0.